The number of hydrogen-bond acceptors (Lipinski definition) is 6. The lowest BCUT2D eigenvalue weighted by Crippen LogP contribution is -2.43. The summed E-state index contributed by atoms with van der Waals surface area (Å²) >= 11 is 0. The van der Waals surface area contributed by atoms with Gasteiger partial charge < -0.3 is 14.8 Å². The van der Waals surface area contributed by atoms with Crippen molar-refractivity contribution in [3.8, 4) is 11.5 Å². The lowest BCUT2D eigenvalue weighted by atomic mass is 9.98. The van der Waals surface area contributed by atoms with Gasteiger partial charge in [0.2, 0.25) is 15.9 Å². The Morgan fingerprint density at radius 2 is 2.07 bits per heavy atom. The van der Waals surface area contributed by atoms with E-state index in [2.05, 4.69) is 10.3 Å². The molecule has 0 saturated carbocycles. The van der Waals surface area contributed by atoms with Crippen molar-refractivity contribution in [3.63, 3.8) is 0 Å². The Morgan fingerprint density at radius 3 is 2.75 bits per heavy atom. The van der Waals surface area contributed by atoms with E-state index in [9.17, 15) is 13.2 Å². The molecule has 0 radical (unpaired) electrons. The van der Waals surface area contributed by atoms with Gasteiger partial charge in [-0.15, -0.1) is 0 Å². The maximum Gasteiger partial charge on any atom is 0.244 e. The molecule has 1 aromatic carbocycles. The Kier molecular flexibility index (Phi) is 6.15. The number of carbonyl (C=O) groups is 1. The van der Waals surface area contributed by atoms with Crippen LogP contribution in [0.3, 0.4) is 0 Å². The SMILES string of the molecule is COc1ccc(OC)c(NC(=O)[C@@H]2CCCN(S(=O)(=O)c3cccnc3)C2)c1. The van der Waals surface area contributed by atoms with Gasteiger partial charge in [-0.3, -0.25) is 9.78 Å². The third-order valence-corrected chi connectivity index (χ3v) is 6.54. The Labute approximate surface area is 164 Å². The molecule has 1 fully saturated rings. The van der Waals surface area contributed by atoms with E-state index in [-0.39, 0.29) is 17.3 Å². The van der Waals surface area contributed by atoms with E-state index in [4.69, 9.17) is 9.47 Å². The fourth-order valence-corrected chi connectivity index (χ4v) is 4.66. The molecule has 1 amide bonds. The fourth-order valence-electron chi connectivity index (χ4n) is 3.17. The van der Waals surface area contributed by atoms with E-state index in [1.54, 1.807) is 24.3 Å². The van der Waals surface area contributed by atoms with Crippen molar-refractivity contribution in [3.05, 3.63) is 42.7 Å². The summed E-state index contributed by atoms with van der Waals surface area (Å²) in [6.07, 6.45) is 4.05. The minimum atomic E-state index is -3.68. The topological polar surface area (TPSA) is 97.8 Å². The van der Waals surface area contributed by atoms with E-state index in [0.29, 0.717) is 36.6 Å². The van der Waals surface area contributed by atoms with Crippen molar-refractivity contribution in [1.82, 2.24) is 9.29 Å². The van der Waals surface area contributed by atoms with Crippen molar-refractivity contribution in [2.24, 2.45) is 5.92 Å². The molecular formula is C19H23N3O5S. The molecule has 0 spiro atoms. The number of methoxy groups -OCH3 is 2. The second-order valence-corrected chi connectivity index (χ2v) is 8.38. The number of nitrogens with zero attached hydrogens (tertiary/aromatic N) is 2. The molecule has 3 rings (SSSR count). The number of ether oxygens (including phenoxy) is 2. The lowest BCUT2D eigenvalue weighted by Gasteiger charge is -2.31. The van der Waals surface area contributed by atoms with Crippen LogP contribution in [0.15, 0.2) is 47.6 Å². The van der Waals surface area contributed by atoms with Gasteiger partial charge in [0.25, 0.3) is 0 Å². The zero-order valence-corrected chi connectivity index (χ0v) is 16.6. The highest BCUT2D eigenvalue weighted by Gasteiger charge is 2.33. The molecule has 1 atom stereocenters. The standard InChI is InChI=1S/C19H23N3O5S/c1-26-15-7-8-18(27-2)17(11-15)21-19(23)14-5-4-10-22(13-14)28(24,25)16-6-3-9-20-12-16/h3,6-9,11-12,14H,4-5,10,13H2,1-2H3,(H,21,23)/t14-/m1/s1. The van der Waals surface area contributed by atoms with E-state index in [1.807, 2.05) is 0 Å². The lowest BCUT2D eigenvalue weighted by molar-refractivity contribution is -0.120. The number of nitrogens with one attached hydrogen (secondary N) is 1. The summed E-state index contributed by atoms with van der Waals surface area (Å²) in [5.41, 5.74) is 0.485. The number of rotatable bonds is 6. The van der Waals surface area contributed by atoms with E-state index in [0.717, 1.165) is 0 Å². The smallest absolute Gasteiger partial charge is 0.244 e. The molecule has 1 saturated heterocycles. The van der Waals surface area contributed by atoms with Crippen LogP contribution in [0.2, 0.25) is 0 Å². The van der Waals surface area contributed by atoms with Crippen molar-refractivity contribution in [2.75, 3.05) is 32.6 Å². The minimum Gasteiger partial charge on any atom is -0.497 e. The third kappa shape index (κ3) is 4.26. The van der Waals surface area contributed by atoms with E-state index in [1.165, 1.54) is 37.0 Å². The predicted octanol–water partition coefficient (Wildman–Crippen LogP) is 2.14. The summed E-state index contributed by atoms with van der Waals surface area (Å²) in [4.78, 5) is 16.8. The molecule has 28 heavy (non-hydrogen) atoms. The maximum atomic E-state index is 12.8. The molecular weight excluding hydrogens is 382 g/mol. The highest BCUT2D eigenvalue weighted by molar-refractivity contribution is 7.89. The van der Waals surface area contributed by atoms with Gasteiger partial charge in [-0.2, -0.15) is 4.31 Å². The van der Waals surface area contributed by atoms with Crippen LogP contribution in [0.5, 0.6) is 11.5 Å². The second kappa shape index (κ2) is 8.57. The van der Waals surface area contributed by atoms with Crippen LogP contribution in [0.25, 0.3) is 0 Å². The molecule has 0 bridgehead atoms. The number of anilines is 1. The summed E-state index contributed by atoms with van der Waals surface area (Å²) < 4.78 is 37.5. The van der Waals surface area contributed by atoms with Gasteiger partial charge in [0.15, 0.2) is 0 Å². The van der Waals surface area contributed by atoms with Crippen molar-refractivity contribution < 1.29 is 22.7 Å². The molecule has 0 unspecified atom stereocenters. The molecule has 1 aliphatic rings. The predicted molar refractivity (Wildman–Crippen MR) is 104 cm³/mol. The number of hydrogen-bond donors (Lipinski definition) is 1. The number of benzene rings is 1. The van der Waals surface area contributed by atoms with Gasteiger partial charge >= 0.3 is 0 Å². The molecule has 9 heteroatoms. The summed E-state index contributed by atoms with van der Waals surface area (Å²) in [6, 6.07) is 8.19. The van der Waals surface area contributed by atoms with Crippen molar-refractivity contribution in [1.29, 1.82) is 0 Å². The molecule has 2 heterocycles. The molecule has 1 aliphatic heterocycles. The van der Waals surface area contributed by atoms with Crippen LogP contribution in [-0.4, -0.2) is 50.9 Å². The first-order chi connectivity index (χ1) is 13.5. The fraction of sp³-hybridized carbons (Fsp3) is 0.368. The summed E-state index contributed by atoms with van der Waals surface area (Å²) in [5, 5.41) is 2.84. The number of amides is 1. The average Bonchev–Trinajstić information content (AvgIpc) is 2.74. The van der Waals surface area contributed by atoms with Gasteiger partial charge in [-0.25, -0.2) is 8.42 Å². The first kappa shape index (κ1) is 20.1. The highest BCUT2D eigenvalue weighted by Crippen LogP contribution is 2.30. The Balaban J connectivity index is 1.75. The monoisotopic (exact) mass is 405 g/mol. The summed E-state index contributed by atoms with van der Waals surface area (Å²) in [7, 11) is -0.627. The molecule has 0 aliphatic carbocycles. The molecule has 150 valence electrons. The molecule has 1 N–H and O–H groups in total. The normalized spacial score (nSPS) is 17.7. The second-order valence-electron chi connectivity index (χ2n) is 6.45. The first-order valence-corrected chi connectivity index (χ1v) is 10.3. The Hall–Kier alpha value is -2.65. The average molecular weight is 405 g/mol. The first-order valence-electron chi connectivity index (χ1n) is 8.88. The van der Waals surface area contributed by atoms with Gasteiger partial charge in [-0.05, 0) is 37.1 Å². The third-order valence-electron chi connectivity index (χ3n) is 4.69. The van der Waals surface area contributed by atoms with Gasteiger partial charge in [0.05, 0.1) is 25.8 Å². The van der Waals surface area contributed by atoms with E-state index >= 15 is 0 Å². The number of aromatic nitrogens is 1. The summed E-state index contributed by atoms with van der Waals surface area (Å²) in [5.74, 6) is 0.374. The number of carbonyl (C=O) groups excluding carboxylic acids is 1. The largest absolute Gasteiger partial charge is 0.497 e. The number of sulfonamides is 1. The maximum absolute atomic E-state index is 12.8. The van der Waals surface area contributed by atoms with Crippen LogP contribution in [0.1, 0.15) is 12.8 Å². The number of pyridine rings is 1. The quantitative estimate of drug-likeness (QED) is 0.791. The molecule has 1 aromatic heterocycles. The highest BCUT2D eigenvalue weighted by atomic mass is 32.2. The van der Waals surface area contributed by atoms with Gasteiger partial charge in [0, 0.05) is 31.5 Å². The van der Waals surface area contributed by atoms with Crippen LogP contribution in [0, 0.1) is 5.92 Å². The van der Waals surface area contributed by atoms with Crippen LogP contribution < -0.4 is 14.8 Å². The van der Waals surface area contributed by atoms with Crippen molar-refractivity contribution in [2.45, 2.75) is 17.7 Å². The molecule has 8 nitrogen and oxygen atoms in total. The number of piperidine rings is 1. The van der Waals surface area contributed by atoms with Crippen LogP contribution in [0.4, 0.5) is 5.69 Å². The minimum absolute atomic E-state index is 0.120. The van der Waals surface area contributed by atoms with Crippen LogP contribution in [-0.2, 0) is 14.8 Å². The van der Waals surface area contributed by atoms with Gasteiger partial charge in [-0.1, -0.05) is 0 Å². The van der Waals surface area contributed by atoms with Crippen LogP contribution >= 0.6 is 0 Å². The summed E-state index contributed by atoms with van der Waals surface area (Å²) in [6.45, 7) is 0.499. The zero-order valence-electron chi connectivity index (χ0n) is 15.8. The van der Waals surface area contributed by atoms with Gasteiger partial charge in [0.1, 0.15) is 16.4 Å². The van der Waals surface area contributed by atoms with E-state index < -0.39 is 15.9 Å². The zero-order chi connectivity index (χ0) is 20.1. The molecule has 2 aromatic rings. The Morgan fingerprint density at radius 1 is 1.25 bits per heavy atom. The van der Waals surface area contributed by atoms with Crippen molar-refractivity contribution >= 4 is 21.6 Å². The Bertz CT molecular complexity index is 934.